The minimum Gasteiger partial charge on any atom is -0.411 e. The van der Waals surface area contributed by atoms with E-state index in [-0.39, 0.29) is 0 Å². The van der Waals surface area contributed by atoms with Crippen LogP contribution in [0.5, 0.6) is 0 Å². The number of allylic oxidation sites excluding steroid dienone is 1. The molecule has 76 valence electrons. The highest BCUT2D eigenvalue weighted by molar-refractivity contribution is 6.69. The third-order valence-corrected chi connectivity index (χ3v) is 3.22. The largest absolute Gasteiger partial charge is 0.411 e. The van der Waals surface area contributed by atoms with Crippen molar-refractivity contribution in [2.45, 2.75) is 57.8 Å². The van der Waals surface area contributed by atoms with Crippen molar-refractivity contribution in [1.29, 1.82) is 0 Å². The first kappa shape index (κ1) is 11.0. The zero-order valence-corrected chi connectivity index (χ0v) is 10.2. The first-order valence-electron chi connectivity index (χ1n) is 5.42. The molecule has 0 saturated heterocycles. The van der Waals surface area contributed by atoms with E-state index in [2.05, 4.69) is 31.8 Å². The quantitative estimate of drug-likeness (QED) is 0.485. The molecular weight excluding hydrogens is 176 g/mol. The summed E-state index contributed by atoms with van der Waals surface area (Å²) in [5.74, 6) is 0. The molecule has 0 aromatic heterocycles. The lowest BCUT2D eigenvalue weighted by Crippen LogP contribution is -2.31. The lowest BCUT2D eigenvalue weighted by atomic mass is 10.0. The smallest absolute Gasteiger partial charge is 0.184 e. The Bertz CT molecular complexity index is 169. The monoisotopic (exact) mass is 198 g/mol. The molecule has 0 aromatic carbocycles. The van der Waals surface area contributed by atoms with Crippen molar-refractivity contribution in [2.24, 2.45) is 0 Å². The molecule has 1 unspecified atom stereocenters. The Labute approximate surface area is 83.3 Å². The molecule has 13 heavy (non-hydrogen) atoms. The third-order valence-electron chi connectivity index (χ3n) is 2.22. The average molecular weight is 198 g/mol. The van der Waals surface area contributed by atoms with Gasteiger partial charge in [-0.15, -0.1) is 0 Å². The van der Waals surface area contributed by atoms with Crippen LogP contribution in [0.25, 0.3) is 0 Å². The highest BCUT2D eigenvalue weighted by Crippen LogP contribution is 2.17. The van der Waals surface area contributed by atoms with Crippen LogP contribution in [0, 0.1) is 0 Å². The molecule has 0 spiro atoms. The van der Waals surface area contributed by atoms with E-state index in [1.807, 2.05) is 0 Å². The normalized spacial score (nSPS) is 27.8. The van der Waals surface area contributed by atoms with E-state index in [1.165, 1.54) is 32.1 Å². The van der Waals surface area contributed by atoms with Gasteiger partial charge in [-0.1, -0.05) is 25.0 Å². The maximum Gasteiger partial charge on any atom is 0.184 e. The van der Waals surface area contributed by atoms with E-state index < -0.39 is 8.32 Å². The molecule has 0 saturated carbocycles. The molecule has 0 N–H and O–H groups in total. The van der Waals surface area contributed by atoms with Crippen molar-refractivity contribution in [3.63, 3.8) is 0 Å². The summed E-state index contributed by atoms with van der Waals surface area (Å²) in [5.41, 5.74) is 0. The van der Waals surface area contributed by atoms with Crippen molar-refractivity contribution in [3.05, 3.63) is 12.2 Å². The van der Waals surface area contributed by atoms with E-state index >= 15 is 0 Å². The Morgan fingerprint density at radius 3 is 2.62 bits per heavy atom. The van der Waals surface area contributed by atoms with E-state index in [9.17, 15) is 0 Å². The Kier molecular flexibility index (Phi) is 4.20. The van der Waals surface area contributed by atoms with Gasteiger partial charge in [0.1, 0.15) is 0 Å². The summed E-state index contributed by atoms with van der Waals surface area (Å²) in [4.78, 5) is 0. The van der Waals surface area contributed by atoms with E-state index in [1.54, 1.807) is 0 Å². The Hall–Kier alpha value is -0.0831. The molecular formula is C11H22OSi. The first-order chi connectivity index (χ1) is 6.08. The summed E-state index contributed by atoms with van der Waals surface area (Å²) in [6, 6.07) is 0. The van der Waals surface area contributed by atoms with Crippen molar-refractivity contribution >= 4 is 8.32 Å². The van der Waals surface area contributed by atoms with Gasteiger partial charge in [0.2, 0.25) is 0 Å². The molecule has 0 amide bonds. The van der Waals surface area contributed by atoms with Crippen molar-refractivity contribution in [3.8, 4) is 0 Å². The molecule has 1 atom stereocenters. The lowest BCUT2D eigenvalue weighted by molar-refractivity contribution is 0.224. The fourth-order valence-corrected chi connectivity index (χ4v) is 2.79. The van der Waals surface area contributed by atoms with Gasteiger partial charge in [0.15, 0.2) is 8.32 Å². The second-order valence-electron chi connectivity index (χ2n) is 4.83. The van der Waals surface area contributed by atoms with Crippen molar-refractivity contribution in [2.75, 3.05) is 0 Å². The summed E-state index contributed by atoms with van der Waals surface area (Å²) >= 11 is 0. The number of hydrogen-bond acceptors (Lipinski definition) is 1. The molecule has 0 heterocycles. The predicted molar refractivity (Wildman–Crippen MR) is 60.4 cm³/mol. The summed E-state index contributed by atoms with van der Waals surface area (Å²) in [6.45, 7) is 6.79. The second kappa shape index (κ2) is 4.96. The van der Waals surface area contributed by atoms with Crippen molar-refractivity contribution < 1.29 is 4.43 Å². The van der Waals surface area contributed by atoms with Gasteiger partial charge < -0.3 is 4.43 Å². The Morgan fingerprint density at radius 1 is 1.15 bits per heavy atom. The molecule has 0 aromatic rings. The summed E-state index contributed by atoms with van der Waals surface area (Å²) in [7, 11) is -1.33. The fourth-order valence-electron chi connectivity index (χ4n) is 1.68. The minimum absolute atomic E-state index is 0.409. The van der Waals surface area contributed by atoms with Gasteiger partial charge in [0.25, 0.3) is 0 Å². The molecule has 0 bridgehead atoms. The van der Waals surface area contributed by atoms with Crippen LogP contribution in [0.2, 0.25) is 19.6 Å². The van der Waals surface area contributed by atoms with E-state index in [0.29, 0.717) is 6.10 Å². The molecule has 0 radical (unpaired) electrons. The highest BCUT2D eigenvalue weighted by Gasteiger charge is 2.19. The first-order valence-corrected chi connectivity index (χ1v) is 8.83. The van der Waals surface area contributed by atoms with Gasteiger partial charge in [-0.2, -0.15) is 0 Å². The van der Waals surface area contributed by atoms with E-state index in [4.69, 9.17) is 4.43 Å². The molecule has 0 fully saturated rings. The lowest BCUT2D eigenvalue weighted by Gasteiger charge is -2.25. The summed E-state index contributed by atoms with van der Waals surface area (Å²) in [5, 5.41) is 0. The molecule has 1 nitrogen and oxygen atoms in total. The summed E-state index contributed by atoms with van der Waals surface area (Å²) in [6.07, 6.45) is 11.5. The molecule has 1 rings (SSSR count). The van der Waals surface area contributed by atoms with Gasteiger partial charge in [0.05, 0.1) is 6.10 Å². The minimum atomic E-state index is -1.33. The Balaban J connectivity index is 2.42. The van der Waals surface area contributed by atoms with E-state index in [0.717, 1.165) is 0 Å². The van der Waals surface area contributed by atoms with Crippen LogP contribution in [0.15, 0.2) is 12.2 Å². The maximum atomic E-state index is 6.07. The van der Waals surface area contributed by atoms with Gasteiger partial charge >= 0.3 is 0 Å². The number of hydrogen-bond donors (Lipinski definition) is 0. The van der Waals surface area contributed by atoms with Gasteiger partial charge in [-0.3, -0.25) is 0 Å². The second-order valence-corrected chi connectivity index (χ2v) is 9.30. The van der Waals surface area contributed by atoms with Crippen LogP contribution >= 0.6 is 0 Å². The van der Waals surface area contributed by atoms with Crippen molar-refractivity contribution in [1.82, 2.24) is 0 Å². The Morgan fingerprint density at radius 2 is 1.92 bits per heavy atom. The molecule has 2 heteroatoms. The third kappa shape index (κ3) is 5.27. The van der Waals surface area contributed by atoms with Crippen LogP contribution in [0.1, 0.15) is 32.1 Å². The van der Waals surface area contributed by atoms with Gasteiger partial charge in [-0.05, 0) is 38.9 Å². The van der Waals surface area contributed by atoms with Crippen LogP contribution in [0.3, 0.4) is 0 Å². The van der Waals surface area contributed by atoms with Gasteiger partial charge in [0, 0.05) is 0 Å². The maximum absolute atomic E-state index is 6.07. The predicted octanol–water partition coefficient (Wildman–Crippen LogP) is 3.73. The highest BCUT2D eigenvalue weighted by atomic mass is 28.4. The standard InChI is InChI=1S/C11H22OSi/c1-13(2,3)12-11-9-7-5-4-6-8-10-11/h7,9,11H,4-6,8,10H2,1-3H3/b9-7-. The van der Waals surface area contributed by atoms with Crippen LogP contribution in [-0.2, 0) is 4.43 Å². The molecule has 0 aliphatic heterocycles. The fraction of sp³-hybridized carbons (Fsp3) is 0.818. The van der Waals surface area contributed by atoms with Crippen LogP contribution < -0.4 is 0 Å². The molecule has 1 aliphatic carbocycles. The summed E-state index contributed by atoms with van der Waals surface area (Å²) < 4.78 is 6.07. The van der Waals surface area contributed by atoms with Crippen LogP contribution in [0.4, 0.5) is 0 Å². The zero-order chi connectivity index (χ0) is 9.73. The average Bonchev–Trinajstić information content (AvgIpc) is 1.92. The topological polar surface area (TPSA) is 9.23 Å². The van der Waals surface area contributed by atoms with Gasteiger partial charge in [-0.25, -0.2) is 0 Å². The molecule has 1 aliphatic rings. The zero-order valence-electron chi connectivity index (χ0n) is 9.18. The SMILES string of the molecule is C[Si](C)(C)OC1/C=C\CCCCC1. The number of rotatable bonds is 2. The van der Waals surface area contributed by atoms with Crippen LogP contribution in [-0.4, -0.2) is 14.4 Å².